The zero-order chi connectivity index (χ0) is 12.2. The van der Waals surface area contributed by atoms with Crippen molar-refractivity contribution in [2.45, 2.75) is 25.6 Å². The van der Waals surface area contributed by atoms with E-state index >= 15 is 0 Å². The fourth-order valence-corrected chi connectivity index (χ4v) is 1.11. The molecule has 0 heterocycles. The maximum atomic E-state index is 12.0. The molecule has 0 aliphatic carbocycles. The molecule has 0 spiro atoms. The second-order valence-corrected chi connectivity index (χ2v) is 3.41. The summed E-state index contributed by atoms with van der Waals surface area (Å²) < 4.78 is 86.1. The molecule has 2 unspecified atom stereocenters. The first-order valence-electron chi connectivity index (χ1n) is 3.20. The number of alkyl halides is 6. The van der Waals surface area contributed by atoms with Crippen LogP contribution in [0.15, 0.2) is 0 Å². The van der Waals surface area contributed by atoms with E-state index in [1.165, 1.54) is 0 Å². The van der Waals surface area contributed by atoms with Crippen molar-refractivity contribution in [3.63, 3.8) is 0 Å². The van der Waals surface area contributed by atoms with E-state index in [-0.39, 0.29) is 0 Å². The van der Waals surface area contributed by atoms with E-state index in [4.69, 9.17) is 4.89 Å². The van der Waals surface area contributed by atoms with Crippen LogP contribution in [0.1, 0.15) is 0 Å². The summed E-state index contributed by atoms with van der Waals surface area (Å²) in [6, 6.07) is 0. The number of phosphoric acid groups is 1. The highest BCUT2D eigenvalue weighted by Gasteiger charge is 2.37. The Morgan fingerprint density at radius 1 is 0.867 bits per heavy atom. The van der Waals surface area contributed by atoms with Crippen LogP contribution >= 0.6 is 7.82 Å². The van der Waals surface area contributed by atoms with Crippen molar-refractivity contribution in [1.29, 1.82) is 0 Å². The molecule has 0 radical (unpaired) electrons. The Labute approximate surface area is 79.4 Å². The van der Waals surface area contributed by atoms with Crippen LogP contribution in [0, 0.1) is 0 Å². The highest BCUT2D eigenvalue weighted by Crippen LogP contribution is 2.47. The molecule has 92 valence electrons. The molecule has 0 rings (SSSR count). The third-order valence-electron chi connectivity index (χ3n) is 0.864. The van der Waals surface area contributed by atoms with Crippen molar-refractivity contribution in [3.8, 4) is 0 Å². The van der Waals surface area contributed by atoms with Crippen molar-refractivity contribution in [2.75, 3.05) is 0 Å². The molecule has 0 aliphatic rings. The molecule has 0 amide bonds. The van der Waals surface area contributed by atoms with E-state index in [2.05, 4.69) is 9.05 Å². The standard InChI is InChI=1S/C4H5F6O4P/c5-1(6)3(9)13-15(11,12)14-4(10)2(7)8/h1-4H,(H,11,12). The average Bonchev–Trinajstić information content (AvgIpc) is 2.01. The highest BCUT2D eigenvalue weighted by atomic mass is 31.2. The predicted molar refractivity (Wildman–Crippen MR) is 33.8 cm³/mol. The first-order chi connectivity index (χ1) is 6.65. The van der Waals surface area contributed by atoms with Gasteiger partial charge < -0.3 is 4.89 Å². The topological polar surface area (TPSA) is 55.8 Å². The van der Waals surface area contributed by atoms with Gasteiger partial charge in [0, 0.05) is 0 Å². The third-order valence-corrected chi connectivity index (χ3v) is 1.80. The molecule has 2 atom stereocenters. The normalized spacial score (nSPS) is 20.3. The van der Waals surface area contributed by atoms with Gasteiger partial charge in [0.1, 0.15) is 0 Å². The Bertz CT molecular complexity index is 217. The monoisotopic (exact) mass is 262 g/mol. The van der Waals surface area contributed by atoms with Crippen molar-refractivity contribution < 1.29 is 44.8 Å². The van der Waals surface area contributed by atoms with Crippen molar-refractivity contribution in [1.82, 2.24) is 0 Å². The molecule has 15 heavy (non-hydrogen) atoms. The van der Waals surface area contributed by atoms with Crippen LogP contribution in [0.3, 0.4) is 0 Å². The molecule has 0 aromatic heterocycles. The number of halogens is 6. The largest absolute Gasteiger partial charge is 0.477 e. The lowest BCUT2D eigenvalue weighted by molar-refractivity contribution is -0.116. The van der Waals surface area contributed by atoms with Gasteiger partial charge in [-0.2, -0.15) is 0 Å². The fourth-order valence-electron chi connectivity index (χ4n) is 0.371. The van der Waals surface area contributed by atoms with E-state index in [0.717, 1.165) is 0 Å². The molecule has 0 aromatic carbocycles. The number of hydrogen-bond acceptors (Lipinski definition) is 3. The zero-order valence-electron chi connectivity index (χ0n) is 6.70. The maximum Gasteiger partial charge on any atom is 0.477 e. The smallest absolute Gasteiger partial charge is 0.302 e. The summed E-state index contributed by atoms with van der Waals surface area (Å²) in [7, 11) is -5.62. The van der Waals surface area contributed by atoms with Crippen molar-refractivity contribution in [3.05, 3.63) is 0 Å². The van der Waals surface area contributed by atoms with E-state index in [9.17, 15) is 30.9 Å². The second kappa shape index (κ2) is 5.69. The minimum Gasteiger partial charge on any atom is -0.302 e. The van der Waals surface area contributed by atoms with Gasteiger partial charge >= 0.3 is 7.82 Å². The van der Waals surface area contributed by atoms with Crippen molar-refractivity contribution in [2.24, 2.45) is 0 Å². The molecule has 0 bridgehead atoms. The maximum absolute atomic E-state index is 12.0. The molecule has 0 aliphatic heterocycles. The van der Waals surface area contributed by atoms with Crippen LogP contribution in [-0.4, -0.2) is 30.5 Å². The summed E-state index contributed by atoms with van der Waals surface area (Å²) in [4.78, 5) is 8.32. The van der Waals surface area contributed by atoms with Gasteiger partial charge in [-0.3, -0.25) is 0 Å². The molecular formula is C4H5F6O4P. The highest BCUT2D eigenvalue weighted by molar-refractivity contribution is 7.47. The minimum atomic E-state index is -5.62. The lowest BCUT2D eigenvalue weighted by Gasteiger charge is -2.16. The molecule has 0 saturated carbocycles. The second-order valence-electron chi connectivity index (χ2n) is 2.05. The summed E-state index contributed by atoms with van der Waals surface area (Å²) in [5.41, 5.74) is 0. The Balaban J connectivity index is 4.25. The van der Waals surface area contributed by atoms with E-state index in [0.29, 0.717) is 0 Å². The van der Waals surface area contributed by atoms with Crippen LogP contribution < -0.4 is 0 Å². The number of rotatable bonds is 6. The molecular weight excluding hydrogens is 257 g/mol. The van der Waals surface area contributed by atoms with Gasteiger partial charge in [-0.25, -0.2) is 40.0 Å². The summed E-state index contributed by atoms with van der Waals surface area (Å²) >= 11 is 0. The predicted octanol–water partition coefficient (Wildman–Crippen LogP) is 2.24. The van der Waals surface area contributed by atoms with E-state index in [1.807, 2.05) is 0 Å². The molecule has 1 N–H and O–H groups in total. The number of hydrogen-bond donors (Lipinski definition) is 1. The molecule has 4 nitrogen and oxygen atoms in total. The summed E-state index contributed by atoms with van der Waals surface area (Å²) in [6.07, 6.45) is -14.7. The van der Waals surface area contributed by atoms with Gasteiger partial charge in [0.15, 0.2) is 0 Å². The lowest BCUT2D eigenvalue weighted by Crippen LogP contribution is -2.20. The van der Waals surface area contributed by atoms with E-state index in [1.54, 1.807) is 0 Å². The van der Waals surface area contributed by atoms with Crippen LogP contribution in [-0.2, 0) is 13.6 Å². The third kappa shape index (κ3) is 5.98. The Kier molecular flexibility index (Phi) is 5.57. The first-order valence-corrected chi connectivity index (χ1v) is 4.69. The fraction of sp³-hybridized carbons (Fsp3) is 1.00. The summed E-state index contributed by atoms with van der Waals surface area (Å²) in [5, 5.41) is 0. The van der Waals surface area contributed by atoms with Gasteiger partial charge in [0.2, 0.25) is 0 Å². The molecule has 0 saturated heterocycles. The molecule has 11 heteroatoms. The van der Waals surface area contributed by atoms with Gasteiger partial charge in [-0.1, -0.05) is 0 Å². The summed E-state index contributed by atoms with van der Waals surface area (Å²) in [6.45, 7) is 0. The Hall–Kier alpha value is -0.310. The van der Waals surface area contributed by atoms with Gasteiger partial charge in [0.25, 0.3) is 25.6 Å². The first kappa shape index (κ1) is 14.7. The minimum absolute atomic E-state index is 3.02. The van der Waals surface area contributed by atoms with Gasteiger partial charge in [-0.15, -0.1) is 0 Å². The van der Waals surface area contributed by atoms with E-state index < -0.39 is 33.4 Å². The Morgan fingerprint density at radius 2 is 1.13 bits per heavy atom. The van der Waals surface area contributed by atoms with Crippen LogP contribution in [0.5, 0.6) is 0 Å². The molecule has 0 fully saturated rings. The quantitative estimate of drug-likeness (QED) is 0.589. The Morgan fingerprint density at radius 3 is 1.33 bits per heavy atom. The van der Waals surface area contributed by atoms with Gasteiger partial charge in [0.05, 0.1) is 0 Å². The van der Waals surface area contributed by atoms with Crippen LogP contribution in [0.4, 0.5) is 26.3 Å². The summed E-state index contributed by atoms with van der Waals surface area (Å²) in [5.74, 6) is 0. The van der Waals surface area contributed by atoms with Gasteiger partial charge in [-0.05, 0) is 0 Å². The van der Waals surface area contributed by atoms with Crippen molar-refractivity contribution >= 4 is 7.82 Å². The average molecular weight is 262 g/mol. The van der Waals surface area contributed by atoms with Crippen LogP contribution in [0.2, 0.25) is 0 Å². The zero-order valence-corrected chi connectivity index (χ0v) is 7.59. The molecule has 0 aromatic rings. The SMILES string of the molecule is O=P(O)(OC(F)C(F)F)OC(F)C(F)F. The number of phosphoric ester groups is 1. The lowest BCUT2D eigenvalue weighted by atomic mass is 10.7. The van der Waals surface area contributed by atoms with Crippen LogP contribution in [0.25, 0.3) is 0 Å².